The Morgan fingerprint density at radius 1 is 1.31 bits per heavy atom. The Balaban J connectivity index is 1.56. The molecule has 2 unspecified atom stereocenters. The summed E-state index contributed by atoms with van der Waals surface area (Å²) in [5, 5.41) is 5.89. The first-order valence-electron chi connectivity index (χ1n) is 9.47. The molecule has 0 aromatic heterocycles. The van der Waals surface area contributed by atoms with E-state index in [9.17, 15) is 9.59 Å². The van der Waals surface area contributed by atoms with Crippen molar-refractivity contribution in [3.05, 3.63) is 35.9 Å². The van der Waals surface area contributed by atoms with Crippen LogP contribution in [-0.4, -0.2) is 55.5 Å². The molecule has 1 saturated heterocycles. The first-order valence-corrected chi connectivity index (χ1v) is 9.47. The number of nitrogens with zero attached hydrogens (tertiary/aromatic N) is 1. The highest BCUT2D eigenvalue weighted by molar-refractivity contribution is 5.78. The van der Waals surface area contributed by atoms with Crippen molar-refractivity contribution < 1.29 is 14.3 Å². The number of hydrogen-bond donors (Lipinski definition) is 2. The Bertz CT molecular complexity index is 565. The van der Waals surface area contributed by atoms with Crippen LogP contribution in [0.4, 0.5) is 0 Å². The molecule has 1 aliphatic rings. The average molecular weight is 361 g/mol. The molecule has 1 heterocycles. The lowest BCUT2D eigenvalue weighted by atomic mass is 10.1. The molecule has 2 amide bonds. The van der Waals surface area contributed by atoms with E-state index in [0.717, 1.165) is 37.9 Å². The number of carbonyl (C=O) groups is 2. The Morgan fingerprint density at radius 2 is 2.08 bits per heavy atom. The zero-order valence-electron chi connectivity index (χ0n) is 15.9. The minimum atomic E-state index is -0.00830. The highest BCUT2D eigenvalue weighted by atomic mass is 16.5. The van der Waals surface area contributed by atoms with Gasteiger partial charge < -0.3 is 15.4 Å². The maximum atomic E-state index is 12.1. The zero-order chi connectivity index (χ0) is 18.8. The summed E-state index contributed by atoms with van der Waals surface area (Å²) in [6.07, 6.45) is 2.83. The third kappa shape index (κ3) is 7.54. The van der Waals surface area contributed by atoms with E-state index in [4.69, 9.17) is 4.74 Å². The van der Waals surface area contributed by atoms with Crippen molar-refractivity contribution in [3.63, 3.8) is 0 Å². The van der Waals surface area contributed by atoms with Crippen molar-refractivity contribution >= 4 is 11.8 Å². The molecule has 1 aliphatic heterocycles. The molecule has 2 atom stereocenters. The molecule has 26 heavy (non-hydrogen) atoms. The molecule has 6 nitrogen and oxygen atoms in total. The fourth-order valence-corrected chi connectivity index (χ4v) is 3.24. The maximum Gasteiger partial charge on any atom is 0.234 e. The van der Waals surface area contributed by atoms with Crippen molar-refractivity contribution in [1.29, 1.82) is 0 Å². The number of hydrogen-bond acceptors (Lipinski definition) is 4. The molecule has 2 N–H and O–H groups in total. The molecule has 0 saturated carbocycles. The van der Waals surface area contributed by atoms with Crippen LogP contribution in [0.1, 0.15) is 44.8 Å². The molecule has 0 aliphatic carbocycles. The van der Waals surface area contributed by atoms with Gasteiger partial charge in [0.2, 0.25) is 11.8 Å². The van der Waals surface area contributed by atoms with Gasteiger partial charge in [-0.2, -0.15) is 0 Å². The normalized spacial score (nSPS) is 18.9. The van der Waals surface area contributed by atoms with Crippen LogP contribution in [0.15, 0.2) is 30.3 Å². The summed E-state index contributed by atoms with van der Waals surface area (Å²) in [7, 11) is 0. The maximum absolute atomic E-state index is 12.1. The van der Waals surface area contributed by atoms with Crippen molar-refractivity contribution in [2.45, 2.75) is 45.3 Å². The molecule has 0 bridgehead atoms. The van der Waals surface area contributed by atoms with Crippen molar-refractivity contribution in [2.24, 2.45) is 0 Å². The minimum Gasteiger partial charge on any atom is -0.374 e. The van der Waals surface area contributed by atoms with E-state index >= 15 is 0 Å². The quantitative estimate of drug-likeness (QED) is 0.659. The van der Waals surface area contributed by atoms with Crippen LogP contribution in [0, 0.1) is 0 Å². The zero-order valence-corrected chi connectivity index (χ0v) is 15.9. The number of benzene rings is 1. The van der Waals surface area contributed by atoms with Crippen molar-refractivity contribution in [2.75, 3.05) is 32.8 Å². The van der Waals surface area contributed by atoms with E-state index in [1.807, 2.05) is 25.1 Å². The fourth-order valence-electron chi connectivity index (χ4n) is 3.24. The number of rotatable bonds is 9. The summed E-state index contributed by atoms with van der Waals surface area (Å²) < 4.78 is 5.81. The lowest BCUT2D eigenvalue weighted by Gasteiger charge is -2.32. The van der Waals surface area contributed by atoms with Crippen LogP contribution in [-0.2, 0) is 14.3 Å². The van der Waals surface area contributed by atoms with Gasteiger partial charge in [0.05, 0.1) is 12.6 Å². The van der Waals surface area contributed by atoms with E-state index in [2.05, 4.69) is 27.7 Å². The SMILES string of the molecule is CC(=O)NC1CCCN(CC(=O)NCCCOC(C)c2ccccc2)C1. The number of nitrogens with one attached hydrogen (secondary N) is 2. The molecule has 1 aromatic carbocycles. The number of piperidine rings is 1. The Kier molecular flexibility index (Phi) is 8.58. The molecular weight excluding hydrogens is 330 g/mol. The predicted molar refractivity (Wildman–Crippen MR) is 102 cm³/mol. The second-order valence-electron chi connectivity index (χ2n) is 6.90. The Morgan fingerprint density at radius 3 is 2.81 bits per heavy atom. The van der Waals surface area contributed by atoms with Gasteiger partial charge in [0.1, 0.15) is 0 Å². The lowest BCUT2D eigenvalue weighted by Crippen LogP contribution is -2.49. The van der Waals surface area contributed by atoms with Gasteiger partial charge in [-0.15, -0.1) is 0 Å². The van der Waals surface area contributed by atoms with Gasteiger partial charge in [0, 0.05) is 32.7 Å². The molecule has 1 fully saturated rings. The number of amides is 2. The molecule has 144 valence electrons. The Hall–Kier alpha value is -1.92. The van der Waals surface area contributed by atoms with E-state index in [-0.39, 0.29) is 24.0 Å². The van der Waals surface area contributed by atoms with Gasteiger partial charge in [0.25, 0.3) is 0 Å². The van der Waals surface area contributed by atoms with Crippen molar-refractivity contribution in [3.8, 4) is 0 Å². The summed E-state index contributed by atoms with van der Waals surface area (Å²) in [6, 6.07) is 10.3. The smallest absolute Gasteiger partial charge is 0.234 e. The fraction of sp³-hybridized carbons (Fsp3) is 0.600. The van der Waals surface area contributed by atoms with Gasteiger partial charge in [0.15, 0.2) is 0 Å². The second-order valence-corrected chi connectivity index (χ2v) is 6.90. The predicted octanol–water partition coefficient (Wildman–Crippen LogP) is 1.87. The number of carbonyl (C=O) groups excluding carboxylic acids is 2. The second kappa shape index (κ2) is 10.9. The molecular formula is C20H31N3O3. The van der Waals surface area contributed by atoms with E-state index in [1.165, 1.54) is 6.92 Å². The largest absolute Gasteiger partial charge is 0.374 e. The van der Waals surface area contributed by atoms with Crippen LogP contribution in [0.3, 0.4) is 0 Å². The van der Waals surface area contributed by atoms with Gasteiger partial charge >= 0.3 is 0 Å². The first-order chi connectivity index (χ1) is 12.5. The number of likely N-dealkylation sites (tertiary alicyclic amines) is 1. The van der Waals surface area contributed by atoms with Gasteiger partial charge in [-0.3, -0.25) is 14.5 Å². The topological polar surface area (TPSA) is 70.7 Å². The third-order valence-electron chi connectivity index (χ3n) is 4.56. The molecule has 0 radical (unpaired) electrons. The van der Waals surface area contributed by atoms with E-state index in [0.29, 0.717) is 19.7 Å². The van der Waals surface area contributed by atoms with E-state index in [1.54, 1.807) is 0 Å². The van der Waals surface area contributed by atoms with E-state index < -0.39 is 0 Å². The highest BCUT2D eigenvalue weighted by Crippen LogP contribution is 2.15. The summed E-state index contributed by atoms with van der Waals surface area (Å²) in [4.78, 5) is 25.3. The third-order valence-corrected chi connectivity index (χ3v) is 4.56. The lowest BCUT2D eigenvalue weighted by molar-refractivity contribution is -0.122. The molecule has 1 aromatic rings. The van der Waals surface area contributed by atoms with Crippen LogP contribution in [0.25, 0.3) is 0 Å². The number of ether oxygens (including phenoxy) is 1. The van der Waals surface area contributed by atoms with Crippen LogP contribution in [0.5, 0.6) is 0 Å². The van der Waals surface area contributed by atoms with Crippen molar-refractivity contribution in [1.82, 2.24) is 15.5 Å². The standard InChI is InChI=1S/C20H31N3O3/c1-16(18-8-4-3-5-9-18)26-13-7-11-21-20(25)15-23-12-6-10-19(14-23)22-17(2)24/h3-5,8-9,16,19H,6-7,10-15H2,1-2H3,(H,21,25)(H,22,24). The molecule has 2 rings (SSSR count). The minimum absolute atomic E-state index is 0.00830. The summed E-state index contributed by atoms with van der Waals surface area (Å²) >= 11 is 0. The summed E-state index contributed by atoms with van der Waals surface area (Å²) in [5.74, 6) is 0.0237. The van der Waals surface area contributed by atoms with Gasteiger partial charge in [-0.25, -0.2) is 0 Å². The van der Waals surface area contributed by atoms with Crippen LogP contribution < -0.4 is 10.6 Å². The Labute approximate surface area is 156 Å². The molecule has 6 heteroatoms. The summed E-state index contributed by atoms with van der Waals surface area (Å²) in [6.45, 7) is 6.83. The van der Waals surface area contributed by atoms with Gasteiger partial charge in [-0.05, 0) is 38.3 Å². The first kappa shape index (κ1) is 20.4. The van der Waals surface area contributed by atoms with Gasteiger partial charge in [-0.1, -0.05) is 30.3 Å². The monoisotopic (exact) mass is 361 g/mol. The average Bonchev–Trinajstić information content (AvgIpc) is 2.61. The van der Waals surface area contributed by atoms with Crippen LogP contribution in [0.2, 0.25) is 0 Å². The summed E-state index contributed by atoms with van der Waals surface area (Å²) in [5.41, 5.74) is 1.16. The molecule has 0 spiro atoms. The highest BCUT2D eigenvalue weighted by Gasteiger charge is 2.21. The van der Waals surface area contributed by atoms with Crippen LogP contribution >= 0.6 is 0 Å².